The summed E-state index contributed by atoms with van der Waals surface area (Å²) in [4.78, 5) is 0. The molecule has 1 atom stereocenters. The van der Waals surface area contributed by atoms with Crippen LogP contribution in [0.2, 0.25) is 0 Å². The minimum atomic E-state index is 0.0305. The molecule has 0 aliphatic rings. The maximum atomic E-state index is 6.30. The van der Waals surface area contributed by atoms with Gasteiger partial charge in [-0.05, 0) is 97.3 Å². The second-order valence-electron chi connectivity index (χ2n) is 16.9. The van der Waals surface area contributed by atoms with Crippen LogP contribution in [0, 0.1) is 0 Å². The van der Waals surface area contributed by atoms with Crippen LogP contribution in [0.4, 0.5) is 0 Å². The van der Waals surface area contributed by atoms with Crippen molar-refractivity contribution >= 4 is 0 Å². The summed E-state index contributed by atoms with van der Waals surface area (Å²) >= 11 is 0. The Hall–Kier alpha value is -6.40. The summed E-state index contributed by atoms with van der Waals surface area (Å²) < 4.78 is 12.5. The van der Waals surface area contributed by atoms with Gasteiger partial charge in [-0.25, -0.2) is 0 Å². The largest absolute Gasteiger partial charge is 0.420 e. The molecule has 2 aromatic heterocycles. The third kappa shape index (κ3) is 8.13. The van der Waals surface area contributed by atoms with E-state index < -0.39 is 0 Å². The topological polar surface area (TPSA) is 77.8 Å². The molecule has 0 saturated carbocycles. The van der Waals surface area contributed by atoms with Gasteiger partial charge in [0, 0.05) is 22.6 Å². The molecule has 6 aromatic carbocycles. The van der Waals surface area contributed by atoms with Gasteiger partial charge in [-0.15, -0.1) is 20.4 Å². The van der Waals surface area contributed by atoms with Crippen LogP contribution in [0.1, 0.15) is 88.1 Å². The highest BCUT2D eigenvalue weighted by Crippen LogP contribution is 2.40. The minimum Gasteiger partial charge on any atom is -0.420 e. The number of hydrogen-bond acceptors (Lipinski definition) is 6. The van der Waals surface area contributed by atoms with E-state index >= 15 is 0 Å². The highest BCUT2D eigenvalue weighted by molar-refractivity contribution is 5.76. The van der Waals surface area contributed by atoms with E-state index in [9.17, 15) is 0 Å². The standard InChI is InChI=1S/C51H48N4O2/c1-33(42-15-11-12-16-43(42)36-19-21-37(22-20-36)47-54-55-48(57-47)38-23-28-41(29-24-38)51(5,6)7)45-32-39(25-30-44(45)35-13-9-8-10-14-35)49-53-52-46(56-49)31-34-17-26-40(27-18-34)50(2,3)4/h8-30,32-33H,31H2,1-7H3. The predicted octanol–water partition coefficient (Wildman–Crippen LogP) is 13.1. The van der Waals surface area contributed by atoms with E-state index in [1.807, 2.05) is 12.1 Å². The lowest BCUT2D eigenvalue weighted by atomic mass is 9.83. The van der Waals surface area contributed by atoms with Gasteiger partial charge in [0.1, 0.15) is 0 Å². The zero-order valence-electron chi connectivity index (χ0n) is 33.7. The zero-order valence-corrected chi connectivity index (χ0v) is 33.7. The van der Waals surface area contributed by atoms with Crippen molar-refractivity contribution in [2.75, 3.05) is 0 Å². The molecule has 0 bridgehead atoms. The molecule has 0 saturated heterocycles. The first-order valence-electron chi connectivity index (χ1n) is 19.7. The van der Waals surface area contributed by atoms with Crippen LogP contribution >= 0.6 is 0 Å². The summed E-state index contributed by atoms with van der Waals surface area (Å²) in [6.45, 7) is 15.6. The minimum absolute atomic E-state index is 0.0305. The second kappa shape index (κ2) is 15.3. The maximum Gasteiger partial charge on any atom is 0.248 e. The van der Waals surface area contributed by atoms with Gasteiger partial charge in [0.2, 0.25) is 23.6 Å². The van der Waals surface area contributed by atoms with Gasteiger partial charge >= 0.3 is 0 Å². The van der Waals surface area contributed by atoms with E-state index in [0.717, 1.165) is 44.5 Å². The van der Waals surface area contributed by atoms with Crippen molar-refractivity contribution in [3.05, 3.63) is 179 Å². The molecule has 0 N–H and O–H groups in total. The molecule has 2 heterocycles. The van der Waals surface area contributed by atoms with Gasteiger partial charge in [0.15, 0.2) is 0 Å². The van der Waals surface area contributed by atoms with E-state index in [4.69, 9.17) is 8.83 Å². The lowest BCUT2D eigenvalue weighted by molar-refractivity contribution is 0.518. The quantitative estimate of drug-likeness (QED) is 0.146. The van der Waals surface area contributed by atoms with Crippen LogP contribution in [0.3, 0.4) is 0 Å². The van der Waals surface area contributed by atoms with E-state index in [1.165, 1.54) is 22.3 Å². The average Bonchev–Trinajstić information content (AvgIpc) is 3.91. The van der Waals surface area contributed by atoms with Crippen LogP contribution in [0.25, 0.3) is 56.6 Å². The lowest BCUT2D eigenvalue weighted by Gasteiger charge is -2.21. The summed E-state index contributed by atoms with van der Waals surface area (Å²) in [5, 5.41) is 17.7. The van der Waals surface area contributed by atoms with Crippen molar-refractivity contribution in [3.63, 3.8) is 0 Å². The van der Waals surface area contributed by atoms with Gasteiger partial charge < -0.3 is 8.83 Å². The molecule has 0 aliphatic carbocycles. The van der Waals surface area contributed by atoms with Crippen LogP contribution in [-0.2, 0) is 17.3 Å². The highest BCUT2D eigenvalue weighted by atomic mass is 16.4. The van der Waals surface area contributed by atoms with Gasteiger partial charge in [-0.3, -0.25) is 0 Å². The number of benzene rings is 6. The van der Waals surface area contributed by atoms with Crippen molar-refractivity contribution in [2.24, 2.45) is 0 Å². The summed E-state index contributed by atoms with van der Waals surface area (Å²) in [6, 6.07) is 51.0. The summed E-state index contributed by atoms with van der Waals surface area (Å²) in [6.07, 6.45) is 0.577. The van der Waals surface area contributed by atoms with Crippen LogP contribution in [0.5, 0.6) is 0 Å². The lowest BCUT2D eigenvalue weighted by Crippen LogP contribution is -2.10. The molecule has 0 radical (unpaired) electrons. The summed E-state index contributed by atoms with van der Waals surface area (Å²) in [5.74, 6) is 2.13. The fourth-order valence-electron chi connectivity index (χ4n) is 7.34. The number of rotatable bonds is 9. The summed E-state index contributed by atoms with van der Waals surface area (Å²) in [5.41, 5.74) is 13.5. The first-order valence-corrected chi connectivity index (χ1v) is 19.7. The molecular formula is C51H48N4O2. The van der Waals surface area contributed by atoms with Gasteiger partial charge in [0.05, 0.1) is 6.42 Å². The Morgan fingerprint density at radius 3 is 1.54 bits per heavy atom. The van der Waals surface area contributed by atoms with Crippen LogP contribution in [-0.4, -0.2) is 20.4 Å². The Morgan fingerprint density at radius 2 is 0.912 bits per heavy atom. The van der Waals surface area contributed by atoms with Crippen molar-refractivity contribution in [1.29, 1.82) is 0 Å². The highest BCUT2D eigenvalue weighted by Gasteiger charge is 2.21. The monoisotopic (exact) mass is 748 g/mol. The third-order valence-corrected chi connectivity index (χ3v) is 10.8. The molecule has 8 rings (SSSR count). The normalized spacial score (nSPS) is 12.5. The van der Waals surface area contributed by atoms with Crippen molar-refractivity contribution in [1.82, 2.24) is 20.4 Å². The third-order valence-electron chi connectivity index (χ3n) is 10.8. The SMILES string of the molecule is CC(c1ccccc1-c1ccc(-c2nnc(-c3ccc(C(C)(C)C)cc3)o2)cc1)c1cc(-c2nnc(Cc3ccc(C(C)(C)C)cc3)o2)ccc1-c1ccccc1. The predicted molar refractivity (Wildman–Crippen MR) is 230 cm³/mol. The maximum absolute atomic E-state index is 6.30. The Morgan fingerprint density at radius 1 is 0.439 bits per heavy atom. The Balaban J connectivity index is 1.08. The molecule has 0 fully saturated rings. The van der Waals surface area contributed by atoms with E-state index in [2.05, 4.69) is 202 Å². The molecular weight excluding hydrogens is 701 g/mol. The van der Waals surface area contributed by atoms with Crippen molar-refractivity contribution in [2.45, 2.75) is 71.6 Å². The number of nitrogens with zero attached hydrogens (tertiary/aromatic N) is 4. The number of hydrogen-bond donors (Lipinski definition) is 0. The molecule has 0 amide bonds. The molecule has 0 aliphatic heterocycles. The smallest absolute Gasteiger partial charge is 0.248 e. The fourth-order valence-corrected chi connectivity index (χ4v) is 7.34. The molecule has 8 aromatic rings. The van der Waals surface area contributed by atoms with Gasteiger partial charge in [-0.2, -0.15) is 0 Å². The van der Waals surface area contributed by atoms with E-state index in [-0.39, 0.29) is 16.7 Å². The van der Waals surface area contributed by atoms with E-state index in [1.54, 1.807) is 0 Å². The molecule has 284 valence electrons. The molecule has 6 nitrogen and oxygen atoms in total. The molecule has 6 heteroatoms. The molecule has 0 spiro atoms. The van der Waals surface area contributed by atoms with Crippen molar-refractivity contribution in [3.8, 4) is 56.6 Å². The van der Waals surface area contributed by atoms with Gasteiger partial charge in [-0.1, -0.05) is 158 Å². The zero-order chi connectivity index (χ0) is 39.7. The second-order valence-corrected chi connectivity index (χ2v) is 16.9. The first-order chi connectivity index (χ1) is 27.4. The Bertz CT molecular complexity index is 2610. The van der Waals surface area contributed by atoms with Crippen molar-refractivity contribution < 1.29 is 8.83 Å². The Kier molecular flexibility index (Phi) is 10.0. The van der Waals surface area contributed by atoms with Crippen LogP contribution < -0.4 is 0 Å². The molecule has 57 heavy (non-hydrogen) atoms. The molecule has 1 unspecified atom stereocenters. The van der Waals surface area contributed by atoms with Crippen LogP contribution in [0.15, 0.2) is 154 Å². The summed E-state index contributed by atoms with van der Waals surface area (Å²) in [7, 11) is 0. The van der Waals surface area contributed by atoms with Gasteiger partial charge in [0.25, 0.3) is 0 Å². The van der Waals surface area contributed by atoms with E-state index in [0.29, 0.717) is 30.0 Å². The Labute approximate surface area is 335 Å². The number of aromatic nitrogens is 4. The first kappa shape index (κ1) is 37.5. The average molecular weight is 749 g/mol. The fraction of sp³-hybridized carbons (Fsp3) is 0.216.